The van der Waals surface area contributed by atoms with Crippen LogP contribution in [0.25, 0.3) is 0 Å². The molecule has 2 rings (SSSR count). The summed E-state index contributed by atoms with van der Waals surface area (Å²) in [6.07, 6.45) is 7.78. The van der Waals surface area contributed by atoms with Crippen LogP contribution in [0.2, 0.25) is 0 Å². The third-order valence-corrected chi connectivity index (χ3v) is 2.83. The van der Waals surface area contributed by atoms with Gasteiger partial charge in [0.05, 0.1) is 0 Å². The number of nitrogens with zero attached hydrogens (tertiary/aromatic N) is 4. The van der Waals surface area contributed by atoms with Crippen LogP contribution >= 0.6 is 0 Å². The second kappa shape index (κ2) is 4.73. The van der Waals surface area contributed by atoms with Gasteiger partial charge in [-0.1, -0.05) is 27.7 Å². The highest BCUT2D eigenvalue weighted by atomic mass is 15.2. The quantitative estimate of drug-likeness (QED) is 0.812. The smallest absolute Gasteiger partial charge is 0.112 e. The number of hydrogen-bond acceptors (Lipinski definition) is 2. The van der Waals surface area contributed by atoms with Crippen LogP contribution in [-0.2, 0) is 6.67 Å². The van der Waals surface area contributed by atoms with Crippen molar-refractivity contribution in [1.82, 2.24) is 19.1 Å². The van der Waals surface area contributed by atoms with E-state index in [9.17, 15) is 0 Å². The van der Waals surface area contributed by atoms with Gasteiger partial charge in [-0.05, 0) is 0 Å². The van der Waals surface area contributed by atoms with Crippen LogP contribution in [0, 0.1) is 0 Å². The minimum atomic E-state index is 0.441. The molecule has 0 radical (unpaired) electrons. The summed E-state index contributed by atoms with van der Waals surface area (Å²) in [7, 11) is 0. The average Bonchev–Trinajstić information content (AvgIpc) is 2.86. The number of hydrogen-bond donors (Lipinski definition) is 0. The Balaban J connectivity index is 2.25. The van der Waals surface area contributed by atoms with Crippen LogP contribution in [0.15, 0.2) is 24.8 Å². The number of aromatic nitrogens is 4. The van der Waals surface area contributed by atoms with Gasteiger partial charge in [-0.3, -0.25) is 0 Å². The molecule has 0 atom stereocenters. The topological polar surface area (TPSA) is 35.6 Å². The molecule has 0 aliphatic carbocycles. The lowest BCUT2D eigenvalue weighted by atomic mass is 10.2. The number of rotatable bonds is 4. The Kier molecular flexibility index (Phi) is 3.31. The summed E-state index contributed by atoms with van der Waals surface area (Å²) < 4.78 is 4.36. The zero-order valence-corrected chi connectivity index (χ0v) is 11.0. The first kappa shape index (κ1) is 11.9. The molecule has 4 heteroatoms. The molecule has 0 fully saturated rings. The first-order chi connectivity index (χ1) is 8.09. The monoisotopic (exact) mass is 232 g/mol. The van der Waals surface area contributed by atoms with E-state index >= 15 is 0 Å². The minimum Gasteiger partial charge on any atom is -0.316 e. The molecule has 0 saturated carbocycles. The van der Waals surface area contributed by atoms with Crippen LogP contribution in [-0.4, -0.2) is 19.1 Å². The van der Waals surface area contributed by atoms with Crippen LogP contribution in [0.4, 0.5) is 0 Å². The zero-order valence-electron chi connectivity index (χ0n) is 11.0. The second-order valence-electron chi connectivity index (χ2n) is 4.96. The molecule has 2 aromatic heterocycles. The van der Waals surface area contributed by atoms with Crippen molar-refractivity contribution in [2.45, 2.75) is 46.2 Å². The van der Waals surface area contributed by atoms with Crippen LogP contribution in [0.1, 0.15) is 51.2 Å². The van der Waals surface area contributed by atoms with E-state index in [0.29, 0.717) is 11.8 Å². The van der Waals surface area contributed by atoms with Gasteiger partial charge in [0.25, 0.3) is 0 Å². The predicted molar refractivity (Wildman–Crippen MR) is 68.0 cm³/mol. The third kappa shape index (κ3) is 2.40. The number of imidazole rings is 2. The lowest BCUT2D eigenvalue weighted by Crippen LogP contribution is -2.14. The molecule has 0 amide bonds. The molecule has 0 spiro atoms. The summed E-state index contributed by atoms with van der Waals surface area (Å²) in [5, 5.41) is 0. The highest BCUT2D eigenvalue weighted by Gasteiger charge is 2.10. The van der Waals surface area contributed by atoms with Crippen LogP contribution < -0.4 is 0 Å². The minimum absolute atomic E-state index is 0.441. The van der Waals surface area contributed by atoms with Crippen LogP contribution in [0.3, 0.4) is 0 Å². The molecule has 0 aliphatic rings. The van der Waals surface area contributed by atoms with E-state index in [4.69, 9.17) is 0 Å². The van der Waals surface area contributed by atoms with Gasteiger partial charge in [-0.25, -0.2) is 9.97 Å². The maximum Gasteiger partial charge on any atom is 0.112 e. The highest BCUT2D eigenvalue weighted by molar-refractivity contribution is 5.01. The van der Waals surface area contributed by atoms with Crippen molar-refractivity contribution < 1.29 is 0 Å². The van der Waals surface area contributed by atoms with Gasteiger partial charge in [-0.2, -0.15) is 0 Å². The summed E-state index contributed by atoms with van der Waals surface area (Å²) >= 11 is 0. The van der Waals surface area contributed by atoms with E-state index in [2.05, 4.69) is 46.8 Å². The Bertz CT molecular complexity index is 435. The fourth-order valence-corrected chi connectivity index (χ4v) is 2.05. The van der Waals surface area contributed by atoms with E-state index in [1.807, 2.05) is 24.8 Å². The molecular formula is C13H20N4. The maximum absolute atomic E-state index is 4.40. The van der Waals surface area contributed by atoms with E-state index in [1.165, 1.54) is 0 Å². The van der Waals surface area contributed by atoms with E-state index in [1.54, 1.807) is 0 Å². The predicted octanol–water partition coefficient (Wildman–Crippen LogP) is 2.83. The van der Waals surface area contributed by atoms with Gasteiger partial charge in [0.2, 0.25) is 0 Å². The Labute approximate surface area is 102 Å². The van der Waals surface area contributed by atoms with Gasteiger partial charge < -0.3 is 9.13 Å². The molecule has 0 bridgehead atoms. The second-order valence-corrected chi connectivity index (χ2v) is 4.96. The lowest BCUT2D eigenvalue weighted by Gasteiger charge is -2.14. The molecule has 0 aromatic carbocycles. The van der Waals surface area contributed by atoms with Gasteiger partial charge in [0, 0.05) is 36.6 Å². The van der Waals surface area contributed by atoms with E-state index in [0.717, 1.165) is 18.3 Å². The van der Waals surface area contributed by atoms with E-state index < -0.39 is 0 Å². The lowest BCUT2D eigenvalue weighted by molar-refractivity contribution is 0.532. The average molecular weight is 232 g/mol. The van der Waals surface area contributed by atoms with Gasteiger partial charge >= 0.3 is 0 Å². The Morgan fingerprint density at radius 1 is 0.882 bits per heavy atom. The molecule has 2 heterocycles. The van der Waals surface area contributed by atoms with Crippen molar-refractivity contribution in [2.24, 2.45) is 0 Å². The largest absolute Gasteiger partial charge is 0.316 e. The molecule has 4 nitrogen and oxygen atoms in total. The van der Waals surface area contributed by atoms with Crippen molar-refractivity contribution in [1.29, 1.82) is 0 Å². The summed E-state index contributed by atoms with van der Waals surface area (Å²) in [5.41, 5.74) is 0. The Hall–Kier alpha value is -1.58. The summed E-state index contributed by atoms with van der Waals surface area (Å²) in [4.78, 5) is 8.80. The molecule has 0 saturated heterocycles. The first-order valence-corrected chi connectivity index (χ1v) is 6.11. The van der Waals surface area contributed by atoms with Crippen molar-refractivity contribution in [2.75, 3.05) is 0 Å². The Morgan fingerprint density at radius 2 is 1.29 bits per heavy atom. The highest BCUT2D eigenvalue weighted by Crippen LogP contribution is 2.15. The zero-order chi connectivity index (χ0) is 12.4. The van der Waals surface area contributed by atoms with Gasteiger partial charge in [0.1, 0.15) is 18.3 Å². The first-order valence-electron chi connectivity index (χ1n) is 6.11. The Morgan fingerprint density at radius 3 is 1.65 bits per heavy atom. The maximum atomic E-state index is 4.40. The fourth-order valence-electron chi connectivity index (χ4n) is 2.05. The van der Waals surface area contributed by atoms with Gasteiger partial charge in [-0.15, -0.1) is 0 Å². The van der Waals surface area contributed by atoms with Crippen molar-refractivity contribution >= 4 is 0 Å². The summed E-state index contributed by atoms with van der Waals surface area (Å²) in [6.45, 7) is 9.44. The SMILES string of the molecule is CC(C)c1nccn1Cn1ccnc1C(C)C. The summed E-state index contributed by atoms with van der Waals surface area (Å²) in [6, 6.07) is 0. The van der Waals surface area contributed by atoms with Crippen LogP contribution in [0.5, 0.6) is 0 Å². The third-order valence-electron chi connectivity index (χ3n) is 2.83. The van der Waals surface area contributed by atoms with Crippen molar-refractivity contribution in [3.8, 4) is 0 Å². The van der Waals surface area contributed by atoms with Gasteiger partial charge in [0.15, 0.2) is 0 Å². The van der Waals surface area contributed by atoms with E-state index in [-0.39, 0.29) is 0 Å². The molecule has 2 aromatic rings. The standard InChI is InChI=1S/C13H20N4/c1-10(2)12-14-5-7-16(12)9-17-8-6-15-13(17)11(3)4/h5-8,10-11H,9H2,1-4H3. The molecule has 17 heavy (non-hydrogen) atoms. The summed E-state index contributed by atoms with van der Waals surface area (Å²) in [5.74, 6) is 3.12. The molecule has 0 aliphatic heterocycles. The van der Waals surface area contributed by atoms with Crippen molar-refractivity contribution in [3.05, 3.63) is 36.4 Å². The fraction of sp³-hybridized carbons (Fsp3) is 0.538. The molecular weight excluding hydrogens is 212 g/mol. The molecule has 0 unspecified atom stereocenters. The molecule has 92 valence electrons. The molecule has 0 N–H and O–H groups in total. The normalized spacial score (nSPS) is 11.6. The van der Waals surface area contributed by atoms with Crippen molar-refractivity contribution in [3.63, 3.8) is 0 Å².